The Morgan fingerprint density at radius 2 is 2.22 bits per heavy atom. The van der Waals surface area contributed by atoms with Gasteiger partial charge >= 0.3 is 0 Å². The summed E-state index contributed by atoms with van der Waals surface area (Å²) in [7, 11) is 0. The van der Waals surface area contributed by atoms with E-state index in [4.69, 9.17) is 16.0 Å². The molecule has 1 aliphatic carbocycles. The molecule has 1 N–H and O–H groups in total. The van der Waals surface area contributed by atoms with Crippen LogP contribution in [0, 0.1) is 5.41 Å². The van der Waals surface area contributed by atoms with Crippen LogP contribution in [-0.4, -0.2) is 15.7 Å². The predicted molar refractivity (Wildman–Crippen MR) is 104 cm³/mol. The van der Waals surface area contributed by atoms with Gasteiger partial charge in [0.1, 0.15) is 0 Å². The highest BCUT2D eigenvalue weighted by atomic mass is 35.5. The van der Waals surface area contributed by atoms with Crippen molar-refractivity contribution in [2.45, 2.75) is 39.3 Å². The van der Waals surface area contributed by atoms with Gasteiger partial charge in [0.2, 0.25) is 0 Å². The van der Waals surface area contributed by atoms with E-state index in [1.165, 1.54) is 6.26 Å². The number of hydrogen-bond donors (Lipinski definition) is 1. The van der Waals surface area contributed by atoms with Crippen molar-refractivity contribution in [3.8, 4) is 0 Å². The van der Waals surface area contributed by atoms with Crippen molar-refractivity contribution in [2.24, 2.45) is 5.41 Å². The number of nitrogens with one attached hydrogen (secondary N) is 1. The topological polar surface area (TPSA) is 60.1 Å². The number of benzene rings is 1. The molecule has 2 heterocycles. The standard InChI is InChI=1S/C21H22ClN3O2/c1-21(2)10-17(24-20(26)19-7-4-8-27-19)16-12-23-25(18(16)11-21)13-14-5-3-6-15(22)9-14/h3-9,12,17H,10-11,13H2,1-2H3,(H,24,26)/t17-/m0/s1. The van der Waals surface area contributed by atoms with Gasteiger partial charge in [0, 0.05) is 16.3 Å². The fourth-order valence-corrected chi connectivity index (χ4v) is 4.02. The van der Waals surface area contributed by atoms with Gasteiger partial charge in [-0.25, -0.2) is 0 Å². The van der Waals surface area contributed by atoms with Gasteiger partial charge < -0.3 is 9.73 Å². The molecule has 6 heteroatoms. The second-order valence-electron chi connectivity index (χ2n) is 7.88. The first-order valence-corrected chi connectivity index (χ1v) is 9.42. The number of fused-ring (bicyclic) bond motifs is 1. The van der Waals surface area contributed by atoms with E-state index < -0.39 is 0 Å². The second-order valence-corrected chi connectivity index (χ2v) is 8.32. The number of rotatable bonds is 4. The van der Waals surface area contributed by atoms with Crippen LogP contribution < -0.4 is 5.32 Å². The van der Waals surface area contributed by atoms with Crippen molar-refractivity contribution in [3.63, 3.8) is 0 Å². The van der Waals surface area contributed by atoms with Crippen LogP contribution in [0.4, 0.5) is 0 Å². The Bertz CT molecular complexity index is 960. The minimum Gasteiger partial charge on any atom is -0.459 e. The van der Waals surface area contributed by atoms with Gasteiger partial charge in [0.15, 0.2) is 5.76 Å². The Kier molecular flexibility index (Phi) is 4.56. The third-order valence-corrected chi connectivity index (χ3v) is 5.27. The Morgan fingerprint density at radius 3 is 2.96 bits per heavy atom. The van der Waals surface area contributed by atoms with Gasteiger partial charge in [-0.05, 0) is 48.1 Å². The van der Waals surface area contributed by atoms with Crippen molar-refractivity contribution in [1.82, 2.24) is 15.1 Å². The maximum absolute atomic E-state index is 12.5. The molecule has 2 aromatic heterocycles. The summed E-state index contributed by atoms with van der Waals surface area (Å²) in [4.78, 5) is 12.5. The maximum atomic E-state index is 12.5. The quantitative estimate of drug-likeness (QED) is 0.715. The zero-order chi connectivity index (χ0) is 19.0. The monoisotopic (exact) mass is 383 g/mol. The van der Waals surface area contributed by atoms with Gasteiger partial charge in [0.05, 0.1) is 25.0 Å². The molecule has 140 valence electrons. The molecular weight excluding hydrogens is 362 g/mol. The van der Waals surface area contributed by atoms with E-state index >= 15 is 0 Å². The van der Waals surface area contributed by atoms with E-state index in [2.05, 4.69) is 24.3 Å². The highest BCUT2D eigenvalue weighted by Gasteiger charge is 2.36. The van der Waals surface area contributed by atoms with Crippen molar-refractivity contribution in [3.05, 3.63) is 76.5 Å². The number of aromatic nitrogens is 2. The third kappa shape index (κ3) is 3.78. The average Bonchev–Trinajstić information content (AvgIpc) is 3.25. The number of hydrogen-bond acceptors (Lipinski definition) is 3. The molecule has 1 aliphatic rings. The number of halogens is 1. The second kappa shape index (κ2) is 6.89. The van der Waals surface area contributed by atoms with Crippen molar-refractivity contribution in [2.75, 3.05) is 0 Å². The van der Waals surface area contributed by atoms with E-state index in [9.17, 15) is 4.79 Å². The first kappa shape index (κ1) is 17.9. The Hall–Kier alpha value is -2.53. The van der Waals surface area contributed by atoms with Crippen molar-refractivity contribution < 1.29 is 9.21 Å². The van der Waals surface area contributed by atoms with Crippen LogP contribution in [-0.2, 0) is 13.0 Å². The Labute approximate surface area is 163 Å². The van der Waals surface area contributed by atoms with Crippen LogP contribution in [0.5, 0.6) is 0 Å². The van der Waals surface area contributed by atoms with Crippen LogP contribution in [0.1, 0.15) is 53.7 Å². The lowest BCUT2D eigenvalue weighted by Gasteiger charge is -2.35. The first-order valence-electron chi connectivity index (χ1n) is 9.05. The molecule has 27 heavy (non-hydrogen) atoms. The zero-order valence-electron chi connectivity index (χ0n) is 15.4. The van der Waals surface area contributed by atoms with Crippen LogP contribution in [0.15, 0.2) is 53.3 Å². The van der Waals surface area contributed by atoms with E-state index in [-0.39, 0.29) is 17.4 Å². The fourth-order valence-electron chi connectivity index (χ4n) is 3.81. The predicted octanol–water partition coefficient (Wildman–Crippen LogP) is 4.62. The fraction of sp³-hybridized carbons (Fsp3) is 0.333. The normalized spacial score (nSPS) is 18.1. The summed E-state index contributed by atoms with van der Waals surface area (Å²) in [6.07, 6.45) is 5.15. The number of amides is 1. The van der Waals surface area contributed by atoms with Gasteiger partial charge in [0.25, 0.3) is 5.91 Å². The summed E-state index contributed by atoms with van der Waals surface area (Å²) in [6, 6.07) is 11.1. The molecule has 5 nitrogen and oxygen atoms in total. The molecule has 0 bridgehead atoms. The van der Waals surface area contributed by atoms with Gasteiger partial charge in [-0.15, -0.1) is 0 Å². The Morgan fingerprint density at radius 1 is 1.37 bits per heavy atom. The molecule has 0 saturated heterocycles. The number of carbonyl (C=O) groups is 1. The smallest absolute Gasteiger partial charge is 0.287 e. The third-order valence-electron chi connectivity index (χ3n) is 5.03. The summed E-state index contributed by atoms with van der Waals surface area (Å²) >= 11 is 6.12. The summed E-state index contributed by atoms with van der Waals surface area (Å²) in [5.74, 6) is 0.127. The molecule has 1 atom stereocenters. The molecule has 1 amide bonds. The molecule has 0 radical (unpaired) electrons. The van der Waals surface area contributed by atoms with Crippen LogP contribution in [0.2, 0.25) is 5.02 Å². The van der Waals surface area contributed by atoms with Crippen molar-refractivity contribution in [1.29, 1.82) is 0 Å². The molecule has 4 rings (SSSR count). The number of carbonyl (C=O) groups excluding carboxylic acids is 1. The average molecular weight is 384 g/mol. The highest BCUT2D eigenvalue weighted by Crippen LogP contribution is 2.41. The zero-order valence-corrected chi connectivity index (χ0v) is 16.2. The van der Waals surface area contributed by atoms with Gasteiger partial charge in [-0.2, -0.15) is 5.10 Å². The largest absolute Gasteiger partial charge is 0.459 e. The molecule has 3 aromatic rings. The minimum atomic E-state index is -0.198. The number of furan rings is 1. The molecule has 0 unspecified atom stereocenters. The SMILES string of the molecule is CC1(C)Cc2c(cnn2Cc2cccc(Cl)c2)[C@@H](NC(=O)c2ccco2)C1. The summed E-state index contributed by atoms with van der Waals surface area (Å²) in [5.41, 5.74) is 3.40. The summed E-state index contributed by atoms with van der Waals surface area (Å²) < 4.78 is 7.25. The maximum Gasteiger partial charge on any atom is 0.287 e. The van der Waals surface area contributed by atoms with Gasteiger partial charge in [-0.1, -0.05) is 37.6 Å². The summed E-state index contributed by atoms with van der Waals surface area (Å²) in [6.45, 7) is 5.10. The Balaban J connectivity index is 1.62. The lowest BCUT2D eigenvalue weighted by Crippen LogP contribution is -2.36. The van der Waals surface area contributed by atoms with E-state index in [1.807, 2.05) is 35.1 Å². The van der Waals surface area contributed by atoms with Crippen LogP contribution >= 0.6 is 11.6 Å². The molecule has 0 spiro atoms. The van der Waals surface area contributed by atoms with E-state index in [1.54, 1.807) is 12.1 Å². The molecule has 0 fully saturated rings. The summed E-state index contributed by atoms with van der Waals surface area (Å²) in [5, 5.41) is 8.44. The van der Waals surface area contributed by atoms with Crippen LogP contribution in [0.25, 0.3) is 0 Å². The van der Waals surface area contributed by atoms with Crippen LogP contribution in [0.3, 0.4) is 0 Å². The highest BCUT2D eigenvalue weighted by molar-refractivity contribution is 6.30. The molecule has 1 aromatic carbocycles. The molecular formula is C21H22ClN3O2. The molecule has 0 saturated carbocycles. The molecule has 0 aliphatic heterocycles. The first-order chi connectivity index (χ1) is 12.9. The van der Waals surface area contributed by atoms with Crippen molar-refractivity contribution >= 4 is 17.5 Å². The lowest BCUT2D eigenvalue weighted by atomic mass is 9.74. The van der Waals surface area contributed by atoms with E-state index in [0.29, 0.717) is 12.3 Å². The van der Waals surface area contributed by atoms with E-state index in [0.717, 1.165) is 34.7 Å². The number of nitrogens with zero attached hydrogens (tertiary/aromatic N) is 2. The van der Waals surface area contributed by atoms with Gasteiger partial charge in [-0.3, -0.25) is 9.48 Å². The minimum absolute atomic E-state index is 0.0558. The lowest BCUT2D eigenvalue weighted by molar-refractivity contribution is 0.0891.